The Bertz CT molecular complexity index is 482. The van der Waals surface area contributed by atoms with Gasteiger partial charge in [0.1, 0.15) is 24.2 Å². The van der Waals surface area contributed by atoms with E-state index in [1.165, 1.54) is 0 Å². The average molecular weight is 263 g/mol. The summed E-state index contributed by atoms with van der Waals surface area (Å²) in [5.74, 6) is 1.26. The van der Waals surface area contributed by atoms with Gasteiger partial charge in [0.2, 0.25) is 0 Å². The minimum atomic E-state index is -0.560. The zero-order chi connectivity index (χ0) is 13.2. The molecule has 1 aromatic rings. The van der Waals surface area contributed by atoms with E-state index in [9.17, 15) is 9.90 Å². The third-order valence-corrected chi connectivity index (χ3v) is 3.56. The fraction of sp³-hybridized carbons (Fsp3) is 0.500. The third kappa shape index (κ3) is 2.51. The maximum atomic E-state index is 11.8. The Balaban J connectivity index is 1.60. The molecule has 0 bridgehead atoms. The first-order valence-corrected chi connectivity index (χ1v) is 6.59. The van der Waals surface area contributed by atoms with Crippen LogP contribution in [0.3, 0.4) is 0 Å². The molecule has 1 saturated heterocycles. The molecule has 0 aromatic heterocycles. The lowest BCUT2D eigenvalue weighted by Gasteiger charge is -2.15. The molecule has 1 unspecified atom stereocenters. The zero-order valence-electron chi connectivity index (χ0n) is 10.7. The fourth-order valence-electron chi connectivity index (χ4n) is 2.47. The number of aliphatic hydroxyl groups excluding tert-OH is 1. The summed E-state index contributed by atoms with van der Waals surface area (Å²) in [4.78, 5) is 13.7. The number of hydrogen-bond donors (Lipinski definition) is 1. The van der Waals surface area contributed by atoms with Gasteiger partial charge >= 0.3 is 0 Å². The predicted molar refractivity (Wildman–Crippen MR) is 68.2 cm³/mol. The van der Waals surface area contributed by atoms with Gasteiger partial charge < -0.3 is 19.5 Å². The standard InChI is InChI=1S/C14H17NO4/c16-12-8-19-13-7-10(3-4-11(12)13)18-9-14(17)15-5-1-2-6-15/h3-4,7,12,16H,1-2,5-6,8-9H2. The van der Waals surface area contributed by atoms with Crippen molar-refractivity contribution >= 4 is 5.91 Å². The molecule has 102 valence electrons. The van der Waals surface area contributed by atoms with Crippen LogP contribution in [0.4, 0.5) is 0 Å². The van der Waals surface area contributed by atoms with Crippen LogP contribution in [-0.2, 0) is 4.79 Å². The maximum Gasteiger partial charge on any atom is 0.260 e. The van der Waals surface area contributed by atoms with Crippen molar-refractivity contribution in [1.82, 2.24) is 4.90 Å². The molecule has 1 N–H and O–H groups in total. The summed E-state index contributed by atoms with van der Waals surface area (Å²) >= 11 is 0. The normalized spacial score (nSPS) is 21.1. The molecule has 1 atom stereocenters. The molecular formula is C14H17NO4. The molecule has 19 heavy (non-hydrogen) atoms. The van der Waals surface area contributed by atoms with Crippen LogP contribution in [0, 0.1) is 0 Å². The lowest BCUT2D eigenvalue weighted by molar-refractivity contribution is -0.132. The van der Waals surface area contributed by atoms with E-state index in [1.54, 1.807) is 18.2 Å². The van der Waals surface area contributed by atoms with Gasteiger partial charge in [0.05, 0.1) is 0 Å². The number of ether oxygens (including phenoxy) is 2. The maximum absolute atomic E-state index is 11.8. The largest absolute Gasteiger partial charge is 0.490 e. The molecule has 5 heteroatoms. The van der Waals surface area contributed by atoms with Gasteiger partial charge in [-0.2, -0.15) is 0 Å². The first-order valence-electron chi connectivity index (χ1n) is 6.59. The second kappa shape index (κ2) is 5.09. The molecule has 0 saturated carbocycles. The van der Waals surface area contributed by atoms with E-state index in [2.05, 4.69) is 0 Å². The Hall–Kier alpha value is -1.75. The van der Waals surface area contributed by atoms with Gasteiger partial charge in [-0.3, -0.25) is 4.79 Å². The van der Waals surface area contributed by atoms with Crippen molar-refractivity contribution in [2.24, 2.45) is 0 Å². The summed E-state index contributed by atoms with van der Waals surface area (Å²) in [6.45, 7) is 2.01. The average Bonchev–Trinajstić information content (AvgIpc) is 3.06. The van der Waals surface area contributed by atoms with Crippen LogP contribution in [0.1, 0.15) is 24.5 Å². The van der Waals surface area contributed by atoms with Crippen LogP contribution < -0.4 is 9.47 Å². The molecular weight excluding hydrogens is 246 g/mol. The van der Waals surface area contributed by atoms with Gasteiger partial charge in [0, 0.05) is 24.7 Å². The summed E-state index contributed by atoms with van der Waals surface area (Å²) in [5, 5.41) is 9.61. The lowest BCUT2D eigenvalue weighted by Crippen LogP contribution is -2.32. The van der Waals surface area contributed by atoms with Crippen LogP contribution >= 0.6 is 0 Å². The summed E-state index contributed by atoms with van der Waals surface area (Å²) in [6.07, 6.45) is 1.60. The molecule has 0 spiro atoms. The van der Waals surface area contributed by atoms with Crippen molar-refractivity contribution in [3.05, 3.63) is 23.8 Å². The Morgan fingerprint density at radius 1 is 1.42 bits per heavy atom. The van der Waals surface area contributed by atoms with E-state index in [0.29, 0.717) is 11.5 Å². The number of benzene rings is 1. The van der Waals surface area contributed by atoms with Crippen molar-refractivity contribution in [2.45, 2.75) is 18.9 Å². The molecule has 1 fully saturated rings. The van der Waals surface area contributed by atoms with Crippen LogP contribution in [0.25, 0.3) is 0 Å². The van der Waals surface area contributed by atoms with Crippen molar-refractivity contribution in [2.75, 3.05) is 26.3 Å². The van der Waals surface area contributed by atoms with Gasteiger partial charge in [-0.05, 0) is 25.0 Å². The van der Waals surface area contributed by atoms with Crippen molar-refractivity contribution in [1.29, 1.82) is 0 Å². The lowest BCUT2D eigenvalue weighted by atomic mass is 10.1. The van der Waals surface area contributed by atoms with Crippen molar-refractivity contribution in [3.63, 3.8) is 0 Å². The number of fused-ring (bicyclic) bond motifs is 1. The summed E-state index contributed by atoms with van der Waals surface area (Å²) in [7, 11) is 0. The second-order valence-corrected chi connectivity index (χ2v) is 4.90. The smallest absolute Gasteiger partial charge is 0.260 e. The summed E-state index contributed by atoms with van der Waals surface area (Å²) < 4.78 is 10.8. The van der Waals surface area contributed by atoms with E-state index in [1.807, 2.05) is 4.90 Å². The number of nitrogens with zero attached hydrogens (tertiary/aromatic N) is 1. The van der Waals surface area contributed by atoms with E-state index in [4.69, 9.17) is 9.47 Å². The quantitative estimate of drug-likeness (QED) is 0.887. The zero-order valence-corrected chi connectivity index (χ0v) is 10.7. The predicted octanol–water partition coefficient (Wildman–Crippen LogP) is 1.11. The Kier molecular flexibility index (Phi) is 3.29. The number of carbonyl (C=O) groups is 1. The Morgan fingerprint density at radius 3 is 3.00 bits per heavy atom. The SMILES string of the molecule is O=C(COc1ccc2c(c1)OCC2O)N1CCCC1. The number of aliphatic hydroxyl groups is 1. The third-order valence-electron chi connectivity index (χ3n) is 3.56. The van der Waals surface area contributed by atoms with E-state index in [0.717, 1.165) is 31.5 Å². The summed E-state index contributed by atoms with van der Waals surface area (Å²) in [5.41, 5.74) is 0.776. The highest BCUT2D eigenvalue weighted by Gasteiger charge is 2.23. The van der Waals surface area contributed by atoms with Gasteiger partial charge in [-0.15, -0.1) is 0 Å². The van der Waals surface area contributed by atoms with Gasteiger partial charge in [-0.25, -0.2) is 0 Å². The monoisotopic (exact) mass is 263 g/mol. The molecule has 1 amide bonds. The van der Waals surface area contributed by atoms with Crippen LogP contribution in [0.15, 0.2) is 18.2 Å². The van der Waals surface area contributed by atoms with Crippen LogP contribution in [-0.4, -0.2) is 42.2 Å². The molecule has 0 radical (unpaired) electrons. The van der Waals surface area contributed by atoms with Crippen molar-refractivity contribution < 1.29 is 19.4 Å². The summed E-state index contributed by atoms with van der Waals surface area (Å²) in [6, 6.07) is 5.26. The number of rotatable bonds is 3. The van der Waals surface area contributed by atoms with Crippen LogP contribution in [0.5, 0.6) is 11.5 Å². The highest BCUT2D eigenvalue weighted by Crippen LogP contribution is 2.35. The van der Waals surface area contributed by atoms with Crippen molar-refractivity contribution in [3.8, 4) is 11.5 Å². The number of carbonyl (C=O) groups excluding carboxylic acids is 1. The molecule has 2 aliphatic heterocycles. The topological polar surface area (TPSA) is 59.0 Å². The first-order chi connectivity index (χ1) is 9.24. The van der Waals surface area contributed by atoms with Crippen LogP contribution in [0.2, 0.25) is 0 Å². The molecule has 2 aliphatic rings. The van der Waals surface area contributed by atoms with E-state index in [-0.39, 0.29) is 19.1 Å². The fourth-order valence-corrected chi connectivity index (χ4v) is 2.47. The van der Waals surface area contributed by atoms with Gasteiger partial charge in [0.15, 0.2) is 6.61 Å². The van der Waals surface area contributed by atoms with E-state index < -0.39 is 6.10 Å². The molecule has 5 nitrogen and oxygen atoms in total. The number of amides is 1. The van der Waals surface area contributed by atoms with Gasteiger partial charge in [-0.1, -0.05) is 0 Å². The molecule has 1 aromatic carbocycles. The Labute approximate surface area is 111 Å². The molecule has 2 heterocycles. The molecule has 3 rings (SSSR count). The number of likely N-dealkylation sites (tertiary alicyclic amines) is 1. The minimum absolute atomic E-state index is 0.0268. The highest BCUT2D eigenvalue weighted by molar-refractivity contribution is 5.78. The second-order valence-electron chi connectivity index (χ2n) is 4.90. The first kappa shape index (κ1) is 12.3. The highest BCUT2D eigenvalue weighted by atomic mass is 16.5. The number of hydrogen-bond acceptors (Lipinski definition) is 4. The minimum Gasteiger partial charge on any atom is -0.490 e. The van der Waals surface area contributed by atoms with Gasteiger partial charge in [0.25, 0.3) is 5.91 Å². The van der Waals surface area contributed by atoms with E-state index >= 15 is 0 Å². The Morgan fingerprint density at radius 2 is 2.21 bits per heavy atom. The molecule has 0 aliphatic carbocycles.